The number of aromatic nitrogens is 2. The Balaban J connectivity index is 1.39. The summed E-state index contributed by atoms with van der Waals surface area (Å²) in [7, 11) is 1.61. The quantitative estimate of drug-likeness (QED) is 0.570. The summed E-state index contributed by atoms with van der Waals surface area (Å²) >= 11 is 6.24. The Morgan fingerprint density at radius 3 is 2.64 bits per heavy atom. The number of halogens is 1. The smallest absolute Gasteiger partial charge is 0.322 e. The van der Waals surface area contributed by atoms with Crippen LogP contribution in [0.3, 0.4) is 0 Å². The van der Waals surface area contributed by atoms with Crippen LogP contribution in [0.15, 0.2) is 54.9 Å². The Morgan fingerprint density at radius 1 is 1.12 bits per heavy atom. The number of urea groups is 1. The number of nitrogens with zero attached hydrogens (tertiary/aromatic N) is 4. The molecule has 0 unspecified atom stereocenters. The molecule has 0 aliphatic carbocycles. The van der Waals surface area contributed by atoms with Crippen molar-refractivity contribution in [1.29, 1.82) is 0 Å². The minimum absolute atomic E-state index is 0.0115. The molecule has 1 saturated heterocycles. The summed E-state index contributed by atoms with van der Waals surface area (Å²) in [5.74, 6) is 2.45. The lowest BCUT2D eigenvalue weighted by atomic mass is 10.2. The zero-order valence-corrected chi connectivity index (χ0v) is 19.5. The summed E-state index contributed by atoms with van der Waals surface area (Å²) in [4.78, 5) is 25.4. The first-order valence-corrected chi connectivity index (χ1v) is 11.0. The molecule has 8 nitrogen and oxygen atoms in total. The molecule has 1 fully saturated rings. The second-order valence-electron chi connectivity index (χ2n) is 7.90. The van der Waals surface area contributed by atoms with Gasteiger partial charge in [-0.15, -0.1) is 0 Å². The minimum atomic E-state index is -0.131. The number of aryl methyl sites for hydroxylation is 1. The number of anilines is 2. The Labute approximate surface area is 198 Å². The highest BCUT2D eigenvalue weighted by Crippen LogP contribution is 2.30. The number of methoxy groups -OCH3 is 1. The van der Waals surface area contributed by atoms with Gasteiger partial charge in [-0.05, 0) is 55.8 Å². The summed E-state index contributed by atoms with van der Waals surface area (Å²) in [5.41, 5.74) is 1.77. The maximum Gasteiger partial charge on any atom is 0.322 e. The highest BCUT2D eigenvalue weighted by atomic mass is 35.5. The fraction of sp³-hybridized carbons (Fsp3) is 0.292. The normalized spacial score (nSPS) is 15.8. The first-order chi connectivity index (χ1) is 15.9. The van der Waals surface area contributed by atoms with E-state index in [1.165, 1.54) is 6.33 Å². The number of amides is 2. The van der Waals surface area contributed by atoms with E-state index in [1.807, 2.05) is 55.1 Å². The predicted octanol–water partition coefficient (Wildman–Crippen LogP) is 4.98. The van der Waals surface area contributed by atoms with E-state index in [0.29, 0.717) is 36.3 Å². The minimum Gasteiger partial charge on any atom is -0.497 e. The maximum absolute atomic E-state index is 12.8. The van der Waals surface area contributed by atoms with Gasteiger partial charge in [0.25, 0.3) is 0 Å². The lowest BCUT2D eigenvalue weighted by molar-refractivity contribution is 0.184. The van der Waals surface area contributed by atoms with E-state index in [2.05, 4.69) is 20.2 Å². The van der Waals surface area contributed by atoms with Crippen LogP contribution in [0.4, 0.5) is 16.3 Å². The Morgan fingerprint density at radius 2 is 1.91 bits per heavy atom. The van der Waals surface area contributed by atoms with E-state index in [4.69, 9.17) is 21.1 Å². The Hall–Kier alpha value is -3.52. The van der Waals surface area contributed by atoms with E-state index < -0.39 is 0 Å². The van der Waals surface area contributed by atoms with Gasteiger partial charge in [0.05, 0.1) is 12.1 Å². The average Bonchev–Trinajstić information content (AvgIpc) is 2.82. The molecule has 9 heteroatoms. The van der Waals surface area contributed by atoms with Gasteiger partial charge in [-0.25, -0.2) is 14.8 Å². The van der Waals surface area contributed by atoms with Crippen molar-refractivity contribution in [3.63, 3.8) is 0 Å². The summed E-state index contributed by atoms with van der Waals surface area (Å²) in [5, 5.41) is 3.47. The second kappa shape index (κ2) is 9.95. The summed E-state index contributed by atoms with van der Waals surface area (Å²) in [6, 6.07) is 14.5. The number of benzene rings is 2. The molecule has 4 rings (SSSR count). The number of nitrogens with one attached hydrogen (secondary N) is 1. The van der Waals surface area contributed by atoms with Crippen LogP contribution in [0, 0.1) is 6.92 Å². The third kappa shape index (κ3) is 5.46. The third-order valence-electron chi connectivity index (χ3n) is 5.48. The molecule has 172 valence electrons. The van der Waals surface area contributed by atoms with Gasteiger partial charge >= 0.3 is 6.03 Å². The van der Waals surface area contributed by atoms with Crippen LogP contribution in [0.5, 0.6) is 17.4 Å². The number of hydrogen-bond donors (Lipinski definition) is 1. The fourth-order valence-corrected chi connectivity index (χ4v) is 3.85. The van der Waals surface area contributed by atoms with Crippen molar-refractivity contribution in [3.8, 4) is 17.4 Å². The molecule has 1 aliphatic rings. The van der Waals surface area contributed by atoms with E-state index >= 15 is 0 Å². The van der Waals surface area contributed by atoms with Crippen LogP contribution in [0.2, 0.25) is 5.02 Å². The molecule has 1 aliphatic heterocycles. The van der Waals surface area contributed by atoms with Gasteiger partial charge in [0.15, 0.2) is 0 Å². The van der Waals surface area contributed by atoms with Crippen LogP contribution in [0.25, 0.3) is 0 Å². The van der Waals surface area contributed by atoms with Crippen LogP contribution >= 0.6 is 11.6 Å². The largest absolute Gasteiger partial charge is 0.497 e. The van der Waals surface area contributed by atoms with Crippen LogP contribution in [-0.4, -0.2) is 53.7 Å². The SMILES string of the molecule is COc1ccc(NC(=O)N2CCN(c3cc(Oc4cc(C)ccc4Cl)ncn3)C[C@@H]2C)cc1. The predicted molar refractivity (Wildman–Crippen MR) is 129 cm³/mol. The van der Waals surface area contributed by atoms with Crippen LogP contribution in [0.1, 0.15) is 12.5 Å². The molecule has 3 aromatic rings. The molecule has 33 heavy (non-hydrogen) atoms. The van der Waals surface area contributed by atoms with Crippen molar-refractivity contribution < 1.29 is 14.3 Å². The standard InChI is InChI=1S/C24H26ClN5O3/c1-16-4-9-20(25)21(12-16)33-23-13-22(26-15-27-23)29-10-11-30(17(2)14-29)24(31)28-18-5-7-19(32-3)8-6-18/h4-9,12-13,15,17H,10-11,14H2,1-3H3,(H,28,31)/t17-/m0/s1. The monoisotopic (exact) mass is 467 g/mol. The van der Waals surface area contributed by atoms with Crippen molar-refractivity contribution in [2.75, 3.05) is 37.0 Å². The molecular formula is C24H26ClN5O3. The molecule has 0 bridgehead atoms. The van der Waals surface area contributed by atoms with E-state index in [1.54, 1.807) is 19.2 Å². The summed E-state index contributed by atoms with van der Waals surface area (Å²) < 4.78 is 11.1. The zero-order valence-electron chi connectivity index (χ0n) is 18.8. The molecule has 1 N–H and O–H groups in total. The highest BCUT2D eigenvalue weighted by molar-refractivity contribution is 6.32. The summed E-state index contributed by atoms with van der Waals surface area (Å²) in [6.07, 6.45) is 1.47. The van der Waals surface area contributed by atoms with Gasteiger partial charge in [0, 0.05) is 37.4 Å². The van der Waals surface area contributed by atoms with Gasteiger partial charge < -0.3 is 24.6 Å². The second-order valence-corrected chi connectivity index (χ2v) is 8.30. The first kappa shape index (κ1) is 22.7. The van der Waals surface area contributed by atoms with Gasteiger partial charge in [0.1, 0.15) is 23.6 Å². The topological polar surface area (TPSA) is 79.8 Å². The van der Waals surface area contributed by atoms with E-state index in [9.17, 15) is 4.79 Å². The Kier molecular flexibility index (Phi) is 6.84. The van der Waals surface area contributed by atoms with Crippen molar-refractivity contribution in [2.45, 2.75) is 19.9 Å². The molecule has 0 spiro atoms. The maximum atomic E-state index is 12.8. The third-order valence-corrected chi connectivity index (χ3v) is 5.79. The molecule has 2 amide bonds. The van der Waals surface area contributed by atoms with E-state index in [-0.39, 0.29) is 12.1 Å². The lowest BCUT2D eigenvalue weighted by Crippen LogP contribution is -2.55. The van der Waals surface area contributed by atoms with Gasteiger partial charge in [-0.2, -0.15) is 0 Å². The van der Waals surface area contributed by atoms with Crippen molar-refractivity contribution in [1.82, 2.24) is 14.9 Å². The number of carbonyl (C=O) groups excluding carboxylic acids is 1. The molecule has 1 aromatic heterocycles. The number of hydrogen-bond acceptors (Lipinski definition) is 6. The fourth-order valence-electron chi connectivity index (χ4n) is 3.70. The van der Waals surface area contributed by atoms with Crippen LogP contribution < -0.4 is 19.7 Å². The molecular weight excluding hydrogens is 442 g/mol. The van der Waals surface area contributed by atoms with Crippen molar-refractivity contribution in [3.05, 3.63) is 65.4 Å². The van der Waals surface area contributed by atoms with Gasteiger partial charge in [0.2, 0.25) is 5.88 Å². The van der Waals surface area contributed by atoms with Gasteiger partial charge in [-0.3, -0.25) is 0 Å². The average molecular weight is 468 g/mol. The molecule has 2 heterocycles. The summed E-state index contributed by atoms with van der Waals surface area (Å²) in [6.45, 7) is 5.83. The van der Waals surface area contributed by atoms with Gasteiger partial charge in [-0.1, -0.05) is 17.7 Å². The molecule has 0 radical (unpaired) electrons. The number of piperazine rings is 1. The molecule has 0 saturated carbocycles. The highest BCUT2D eigenvalue weighted by Gasteiger charge is 2.28. The van der Waals surface area contributed by atoms with E-state index in [0.717, 1.165) is 22.8 Å². The zero-order chi connectivity index (χ0) is 23.4. The molecule has 2 aromatic carbocycles. The molecule has 1 atom stereocenters. The lowest BCUT2D eigenvalue weighted by Gasteiger charge is -2.40. The number of carbonyl (C=O) groups is 1. The van der Waals surface area contributed by atoms with Crippen molar-refractivity contribution >= 4 is 29.1 Å². The Bertz CT molecular complexity index is 1130. The van der Waals surface area contributed by atoms with Crippen molar-refractivity contribution in [2.24, 2.45) is 0 Å². The number of rotatable bonds is 5. The number of ether oxygens (including phenoxy) is 2. The van der Waals surface area contributed by atoms with Crippen LogP contribution in [-0.2, 0) is 0 Å². The first-order valence-electron chi connectivity index (χ1n) is 10.7.